The van der Waals surface area contributed by atoms with Crippen molar-refractivity contribution in [1.29, 1.82) is 0 Å². The maximum atomic E-state index is 13.0. The third-order valence-electron chi connectivity index (χ3n) is 4.54. The van der Waals surface area contributed by atoms with E-state index in [2.05, 4.69) is 10.6 Å². The lowest BCUT2D eigenvalue weighted by atomic mass is 10.1. The van der Waals surface area contributed by atoms with Crippen LogP contribution in [0.5, 0.6) is 0 Å². The van der Waals surface area contributed by atoms with E-state index in [4.69, 9.17) is 0 Å². The van der Waals surface area contributed by atoms with Gasteiger partial charge in [-0.15, -0.1) is 11.8 Å². The van der Waals surface area contributed by atoms with Gasteiger partial charge in [0.15, 0.2) is 0 Å². The maximum Gasteiger partial charge on any atom is 0.238 e. The maximum absolute atomic E-state index is 13.0. The first-order chi connectivity index (χ1) is 13.3. The van der Waals surface area contributed by atoms with Gasteiger partial charge in [-0.1, -0.05) is 24.3 Å². The number of nitrogens with zero attached hydrogens (tertiary/aromatic N) is 1. The van der Waals surface area contributed by atoms with Gasteiger partial charge in [0.05, 0.1) is 24.3 Å². The number of likely N-dealkylation sites (N-methyl/N-ethyl adjacent to an activating group) is 1. The predicted molar refractivity (Wildman–Crippen MR) is 112 cm³/mol. The summed E-state index contributed by atoms with van der Waals surface area (Å²) in [5.74, 6) is -0.698. The van der Waals surface area contributed by atoms with Crippen molar-refractivity contribution in [1.82, 2.24) is 10.2 Å². The van der Waals surface area contributed by atoms with Gasteiger partial charge < -0.3 is 10.6 Å². The van der Waals surface area contributed by atoms with Crippen LogP contribution < -0.4 is 10.6 Å². The zero-order chi connectivity index (χ0) is 20.7. The first-order valence-corrected chi connectivity index (χ1v) is 10.2. The standard InChI is InChI=1S/C21H26FN3O2S/c1-14(16-9-11-17(22)12-10-16)23-21(27)15(2)25(3)13-20(26)24-18-7-5-6-8-19(18)28-4/h5-12,14-15H,13H2,1-4H3,(H,23,27)(H,24,26). The molecule has 0 radical (unpaired) electrons. The van der Waals surface area contributed by atoms with Gasteiger partial charge in [-0.2, -0.15) is 0 Å². The molecule has 0 saturated heterocycles. The van der Waals surface area contributed by atoms with E-state index >= 15 is 0 Å². The molecular weight excluding hydrogens is 377 g/mol. The molecule has 2 rings (SSSR count). The van der Waals surface area contributed by atoms with Crippen LogP contribution in [0, 0.1) is 5.82 Å². The number of carbonyl (C=O) groups is 2. The summed E-state index contributed by atoms with van der Waals surface area (Å²) in [5.41, 5.74) is 1.58. The van der Waals surface area contributed by atoms with Gasteiger partial charge in [0.2, 0.25) is 11.8 Å². The van der Waals surface area contributed by atoms with Crippen LogP contribution in [-0.4, -0.2) is 42.6 Å². The van der Waals surface area contributed by atoms with Crippen molar-refractivity contribution in [2.45, 2.75) is 30.8 Å². The number of nitrogens with one attached hydrogen (secondary N) is 2. The number of anilines is 1. The van der Waals surface area contributed by atoms with Crippen LogP contribution in [0.15, 0.2) is 53.4 Å². The molecule has 2 N–H and O–H groups in total. The van der Waals surface area contributed by atoms with Gasteiger partial charge in [0.1, 0.15) is 5.82 Å². The number of halogens is 1. The van der Waals surface area contributed by atoms with Crippen LogP contribution in [0.4, 0.5) is 10.1 Å². The number of hydrogen-bond donors (Lipinski definition) is 2. The SMILES string of the molecule is CSc1ccccc1NC(=O)CN(C)C(C)C(=O)NC(C)c1ccc(F)cc1. The van der Waals surface area contributed by atoms with Crippen molar-refractivity contribution < 1.29 is 14.0 Å². The third-order valence-corrected chi connectivity index (χ3v) is 5.34. The van der Waals surface area contributed by atoms with Crippen molar-refractivity contribution in [3.8, 4) is 0 Å². The third kappa shape index (κ3) is 6.07. The van der Waals surface area contributed by atoms with Gasteiger partial charge in [-0.25, -0.2) is 4.39 Å². The smallest absolute Gasteiger partial charge is 0.238 e. The Labute approximate surface area is 169 Å². The molecule has 5 nitrogen and oxygen atoms in total. The zero-order valence-corrected chi connectivity index (χ0v) is 17.3. The lowest BCUT2D eigenvalue weighted by Gasteiger charge is -2.25. The predicted octanol–water partition coefficient (Wildman–Crippen LogP) is 3.68. The molecular formula is C21H26FN3O2S. The average Bonchev–Trinajstić information content (AvgIpc) is 2.68. The van der Waals surface area contributed by atoms with Gasteiger partial charge in [0, 0.05) is 4.90 Å². The molecule has 7 heteroatoms. The summed E-state index contributed by atoms with van der Waals surface area (Å²) in [6.07, 6.45) is 1.95. The molecule has 0 aliphatic heterocycles. The van der Waals surface area contributed by atoms with Crippen LogP contribution in [0.25, 0.3) is 0 Å². The van der Waals surface area contributed by atoms with Crippen LogP contribution in [0.2, 0.25) is 0 Å². The lowest BCUT2D eigenvalue weighted by Crippen LogP contribution is -2.46. The van der Waals surface area contributed by atoms with E-state index < -0.39 is 6.04 Å². The van der Waals surface area contributed by atoms with Crippen LogP contribution in [0.3, 0.4) is 0 Å². The Balaban J connectivity index is 1.90. The van der Waals surface area contributed by atoms with Crippen molar-refractivity contribution in [3.63, 3.8) is 0 Å². The Morgan fingerprint density at radius 2 is 1.75 bits per heavy atom. The second-order valence-corrected chi connectivity index (χ2v) is 7.47. The van der Waals surface area contributed by atoms with Crippen molar-refractivity contribution in [3.05, 3.63) is 59.9 Å². The van der Waals surface area contributed by atoms with Crippen molar-refractivity contribution >= 4 is 29.3 Å². The second kappa shape index (κ2) is 10.2. The topological polar surface area (TPSA) is 61.4 Å². The largest absolute Gasteiger partial charge is 0.348 e. The fraction of sp³-hybridized carbons (Fsp3) is 0.333. The summed E-state index contributed by atoms with van der Waals surface area (Å²) >= 11 is 1.56. The number of carbonyl (C=O) groups excluding carboxylic acids is 2. The molecule has 0 bridgehead atoms. The van der Waals surface area contributed by atoms with Crippen molar-refractivity contribution in [2.24, 2.45) is 0 Å². The Hall–Kier alpha value is -2.38. The summed E-state index contributed by atoms with van der Waals surface area (Å²) in [6.45, 7) is 3.67. The molecule has 0 fully saturated rings. The van der Waals surface area contributed by atoms with E-state index in [1.165, 1.54) is 12.1 Å². The first-order valence-electron chi connectivity index (χ1n) is 9.00. The minimum absolute atomic E-state index is 0.0855. The molecule has 2 atom stereocenters. The van der Waals surface area contributed by atoms with E-state index in [0.29, 0.717) is 0 Å². The number of benzene rings is 2. The highest BCUT2D eigenvalue weighted by Crippen LogP contribution is 2.24. The van der Waals surface area contributed by atoms with Crippen LogP contribution >= 0.6 is 11.8 Å². The minimum atomic E-state index is -0.496. The summed E-state index contributed by atoms with van der Waals surface area (Å²) in [4.78, 5) is 27.5. The Kier molecular flexibility index (Phi) is 8.02. The quantitative estimate of drug-likeness (QED) is 0.660. The molecule has 2 amide bonds. The highest BCUT2D eigenvalue weighted by atomic mass is 32.2. The molecule has 2 aromatic carbocycles. The monoisotopic (exact) mass is 403 g/mol. The van der Waals surface area contributed by atoms with E-state index in [-0.39, 0.29) is 30.2 Å². The summed E-state index contributed by atoms with van der Waals surface area (Å²) < 4.78 is 13.0. The molecule has 0 spiro atoms. The number of amides is 2. The Morgan fingerprint density at radius 1 is 1.11 bits per heavy atom. The molecule has 0 saturated carbocycles. The highest BCUT2D eigenvalue weighted by Gasteiger charge is 2.22. The van der Waals surface area contributed by atoms with E-state index in [9.17, 15) is 14.0 Å². The summed E-state index contributed by atoms with van der Waals surface area (Å²) in [5, 5.41) is 5.79. The van der Waals surface area contributed by atoms with Crippen molar-refractivity contribution in [2.75, 3.05) is 25.2 Å². The first kappa shape index (κ1) is 21.9. The molecule has 0 aromatic heterocycles. The molecule has 2 unspecified atom stereocenters. The molecule has 0 aliphatic rings. The molecule has 150 valence electrons. The normalized spacial score (nSPS) is 13.1. The summed E-state index contributed by atoms with van der Waals surface area (Å²) in [6, 6.07) is 12.8. The van der Waals surface area contributed by atoms with Crippen LogP contribution in [-0.2, 0) is 9.59 Å². The number of thioether (sulfide) groups is 1. The molecule has 28 heavy (non-hydrogen) atoms. The van der Waals surface area contributed by atoms with E-state index in [1.54, 1.807) is 42.8 Å². The Morgan fingerprint density at radius 3 is 2.39 bits per heavy atom. The van der Waals surface area contributed by atoms with E-state index in [1.807, 2.05) is 37.4 Å². The Bertz CT molecular complexity index is 814. The minimum Gasteiger partial charge on any atom is -0.348 e. The molecule has 0 aliphatic carbocycles. The molecule has 2 aromatic rings. The fourth-order valence-corrected chi connectivity index (χ4v) is 3.22. The zero-order valence-electron chi connectivity index (χ0n) is 16.5. The van der Waals surface area contributed by atoms with Gasteiger partial charge >= 0.3 is 0 Å². The number of para-hydroxylation sites is 1. The molecule has 0 heterocycles. The highest BCUT2D eigenvalue weighted by molar-refractivity contribution is 7.98. The fourth-order valence-electron chi connectivity index (χ4n) is 2.67. The van der Waals surface area contributed by atoms with E-state index in [0.717, 1.165) is 16.1 Å². The van der Waals surface area contributed by atoms with Gasteiger partial charge in [-0.05, 0) is 57.0 Å². The van der Waals surface area contributed by atoms with Gasteiger partial charge in [-0.3, -0.25) is 14.5 Å². The number of hydrogen-bond acceptors (Lipinski definition) is 4. The lowest BCUT2D eigenvalue weighted by molar-refractivity contribution is -0.127. The average molecular weight is 404 g/mol. The second-order valence-electron chi connectivity index (χ2n) is 6.62. The number of rotatable bonds is 8. The van der Waals surface area contributed by atoms with Gasteiger partial charge in [0.25, 0.3) is 0 Å². The summed E-state index contributed by atoms with van der Waals surface area (Å²) in [7, 11) is 1.73. The van der Waals surface area contributed by atoms with Crippen LogP contribution in [0.1, 0.15) is 25.5 Å².